The van der Waals surface area contributed by atoms with Gasteiger partial charge in [-0.2, -0.15) is 0 Å². The van der Waals surface area contributed by atoms with Crippen LogP contribution in [0.25, 0.3) is 0 Å². The van der Waals surface area contributed by atoms with Crippen molar-refractivity contribution in [3.05, 3.63) is 28.8 Å². The van der Waals surface area contributed by atoms with Crippen LogP contribution in [0.4, 0.5) is 5.13 Å². The average Bonchev–Trinajstić information content (AvgIpc) is 3.01. The number of rotatable bonds is 8. The van der Waals surface area contributed by atoms with E-state index in [4.69, 9.17) is 20.9 Å². The third-order valence-corrected chi connectivity index (χ3v) is 4.14. The number of amides is 1. The van der Waals surface area contributed by atoms with Crippen molar-refractivity contribution in [1.29, 1.82) is 0 Å². The molecule has 5 N–H and O–H groups in total. The standard InChI is InChI=1S/C15H21N5O3S/c1-9(14-19-20-15(17)24-14)18-13(21)10-4-5-11(22-2)12(8-10)23-7-3-6-16/h4-5,8-9H,3,6-7,16H2,1-2H3,(H2,17,20)(H,18,21). The summed E-state index contributed by atoms with van der Waals surface area (Å²) in [5, 5.41) is 11.5. The van der Waals surface area contributed by atoms with Gasteiger partial charge in [0.1, 0.15) is 5.01 Å². The van der Waals surface area contributed by atoms with E-state index in [1.54, 1.807) is 25.3 Å². The number of benzene rings is 1. The van der Waals surface area contributed by atoms with Crippen molar-refractivity contribution in [2.24, 2.45) is 5.73 Å². The van der Waals surface area contributed by atoms with Crippen LogP contribution in [0.2, 0.25) is 0 Å². The number of anilines is 1. The smallest absolute Gasteiger partial charge is 0.251 e. The number of nitrogens with one attached hydrogen (secondary N) is 1. The van der Waals surface area contributed by atoms with Crippen LogP contribution >= 0.6 is 11.3 Å². The Labute approximate surface area is 144 Å². The van der Waals surface area contributed by atoms with Crippen molar-refractivity contribution in [3.63, 3.8) is 0 Å². The zero-order chi connectivity index (χ0) is 17.5. The topological polar surface area (TPSA) is 125 Å². The zero-order valence-corrected chi connectivity index (χ0v) is 14.4. The second-order valence-corrected chi connectivity index (χ2v) is 6.07. The van der Waals surface area contributed by atoms with Gasteiger partial charge >= 0.3 is 0 Å². The highest BCUT2D eigenvalue weighted by Gasteiger charge is 2.17. The Morgan fingerprint density at radius 1 is 1.38 bits per heavy atom. The molecule has 0 bridgehead atoms. The first kappa shape index (κ1) is 18.0. The summed E-state index contributed by atoms with van der Waals surface area (Å²) in [6.45, 7) is 2.81. The van der Waals surface area contributed by atoms with Crippen LogP contribution in [0.5, 0.6) is 11.5 Å². The quantitative estimate of drug-likeness (QED) is 0.613. The van der Waals surface area contributed by atoms with E-state index in [0.29, 0.717) is 40.4 Å². The molecule has 1 unspecified atom stereocenters. The van der Waals surface area contributed by atoms with Gasteiger partial charge in [-0.25, -0.2) is 0 Å². The molecule has 1 aromatic heterocycles. The number of nitrogen functional groups attached to an aromatic ring is 1. The molecule has 2 aromatic rings. The van der Waals surface area contributed by atoms with Crippen LogP contribution in [0.15, 0.2) is 18.2 Å². The predicted molar refractivity (Wildman–Crippen MR) is 92.4 cm³/mol. The Morgan fingerprint density at radius 2 is 2.17 bits per heavy atom. The summed E-state index contributed by atoms with van der Waals surface area (Å²) in [4.78, 5) is 12.4. The Hall–Kier alpha value is -2.39. The zero-order valence-electron chi connectivity index (χ0n) is 13.6. The molecular formula is C15H21N5O3S. The summed E-state index contributed by atoms with van der Waals surface area (Å²) in [5.74, 6) is 0.822. The van der Waals surface area contributed by atoms with E-state index in [2.05, 4.69) is 15.5 Å². The van der Waals surface area contributed by atoms with Crippen molar-refractivity contribution in [2.45, 2.75) is 19.4 Å². The lowest BCUT2D eigenvalue weighted by molar-refractivity contribution is 0.0939. The fourth-order valence-corrected chi connectivity index (χ4v) is 2.57. The first-order valence-corrected chi connectivity index (χ1v) is 8.27. The number of nitrogens with zero attached hydrogens (tertiary/aromatic N) is 2. The lowest BCUT2D eigenvalue weighted by Crippen LogP contribution is -2.26. The van der Waals surface area contributed by atoms with Crippen molar-refractivity contribution >= 4 is 22.4 Å². The van der Waals surface area contributed by atoms with Crippen LogP contribution in [0.3, 0.4) is 0 Å². The van der Waals surface area contributed by atoms with Crippen LogP contribution in [-0.4, -0.2) is 36.4 Å². The Balaban J connectivity index is 2.09. The highest BCUT2D eigenvalue weighted by Crippen LogP contribution is 2.28. The Bertz CT molecular complexity index is 691. The summed E-state index contributed by atoms with van der Waals surface area (Å²) in [7, 11) is 1.55. The molecule has 0 aliphatic carbocycles. The fourth-order valence-electron chi connectivity index (χ4n) is 1.96. The number of hydrogen-bond acceptors (Lipinski definition) is 8. The second kappa shape index (κ2) is 8.46. The molecule has 1 atom stereocenters. The Kier molecular flexibility index (Phi) is 6.33. The predicted octanol–water partition coefficient (Wildman–Crippen LogP) is 1.35. The molecule has 0 radical (unpaired) electrons. The first-order valence-electron chi connectivity index (χ1n) is 7.45. The number of ether oxygens (including phenoxy) is 2. The molecule has 1 aromatic carbocycles. The normalized spacial score (nSPS) is 11.8. The summed E-state index contributed by atoms with van der Waals surface area (Å²) in [5.41, 5.74) is 11.5. The first-order chi connectivity index (χ1) is 11.5. The van der Waals surface area contributed by atoms with Gasteiger partial charge in [0.25, 0.3) is 5.91 Å². The van der Waals surface area contributed by atoms with E-state index in [0.717, 1.165) is 6.42 Å². The lowest BCUT2D eigenvalue weighted by atomic mass is 10.1. The second-order valence-electron chi connectivity index (χ2n) is 5.03. The minimum Gasteiger partial charge on any atom is -0.493 e. The summed E-state index contributed by atoms with van der Waals surface area (Å²) in [6, 6.07) is 4.72. The highest BCUT2D eigenvalue weighted by molar-refractivity contribution is 7.15. The molecule has 0 saturated heterocycles. The van der Waals surface area contributed by atoms with Gasteiger partial charge in [-0.05, 0) is 38.1 Å². The molecule has 0 fully saturated rings. The van der Waals surface area contributed by atoms with Crippen molar-refractivity contribution in [1.82, 2.24) is 15.5 Å². The average molecular weight is 351 g/mol. The monoisotopic (exact) mass is 351 g/mol. The molecule has 0 aliphatic heterocycles. The molecule has 1 amide bonds. The number of aromatic nitrogens is 2. The molecule has 130 valence electrons. The fraction of sp³-hybridized carbons (Fsp3) is 0.400. The molecule has 24 heavy (non-hydrogen) atoms. The van der Waals surface area contributed by atoms with E-state index < -0.39 is 0 Å². The van der Waals surface area contributed by atoms with E-state index >= 15 is 0 Å². The minimum atomic E-state index is -0.295. The maximum Gasteiger partial charge on any atom is 0.251 e. The number of hydrogen-bond donors (Lipinski definition) is 3. The van der Waals surface area contributed by atoms with Crippen molar-refractivity contribution in [2.75, 3.05) is 26.0 Å². The minimum absolute atomic E-state index is 0.248. The molecule has 0 saturated carbocycles. The van der Waals surface area contributed by atoms with Crippen LogP contribution in [-0.2, 0) is 0 Å². The van der Waals surface area contributed by atoms with E-state index in [9.17, 15) is 4.79 Å². The largest absolute Gasteiger partial charge is 0.493 e. The summed E-state index contributed by atoms with van der Waals surface area (Å²) < 4.78 is 10.9. The maximum atomic E-state index is 12.4. The van der Waals surface area contributed by atoms with Gasteiger partial charge in [0.15, 0.2) is 11.5 Å². The summed E-state index contributed by atoms with van der Waals surface area (Å²) in [6.07, 6.45) is 0.717. The van der Waals surface area contributed by atoms with Gasteiger partial charge in [0, 0.05) is 5.56 Å². The number of methoxy groups -OCH3 is 1. The van der Waals surface area contributed by atoms with Crippen LogP contribution in [0, 0.1) is 0 Å². The van der Waals surface area contributed by atoms with Crippen molar-refractivity contribution in [3.8, 4) is 11.5 Å². The van der Waals surface area contributed by atoms with Gasteiger partial charge in [-0.15, -0.1) is 10.2 Å². The van der Waals surface area contributed by atoms with Crippen LogP contribution in [0.1, 0.15) is 34.8 Å². The maximum absolute atomic E-state index is 12.4. The number of carbonyl (C=O) groups is 1. The van der Waals surface area contributed by atoms with Crippen molar-refractivity contribution < 1.29 is 14.3 Å². The molecule has 0 aliphatic rings. The van der Waals surface area contributed by atoms with Gasteiger partial charge < -0.3 is 26.3 Å². The number of nitrogens with two attached hydrogens (primary N) is 2. The SMILES string of the molecule is COc1ccc(C(=O)NC(C)c2nnc(N)s2)cc1OCCCN. The third-order valence-electron chi connectivity index (χ3n) is 3.21. The number of carbonyl (C=O) groups excluding carboxylic acids is 1. The lowest BCUT2D eigenvalue weighted by Gasteiger charge is -2.14. The van der Waals surface area contributed by atoms with Gasteiger partial charge in [-0.1, -0.05) is 11.3 Å². The molecule has 1 heterocycles. The van der Waals surface area contributed by atoms with Gasteiger partial charge in [0.2, 0.25) is 5.13 Å². The van der Waals surface area contributed by atoms with Crippen LogP contribution < -0.4 is 26.3 Å². The molecular weight excluding hydrogens is 330 g/mol. The summed E-state index contributed by atoms with van der Waals surface area (Å²) >= 11 is 1.24. The molecule has 2 rings (SSSR count). The van der Waals surface area contributed by atoms with Gasteiger partial charge in [0.05, 0.1) is 19.8 Å². The molecule has 0 spiro atoms. The molecule has 9 heteroatoms. The highest BCUT2D eigenvalue weighted by atomic mass is 32.1. The van der Waals surface area contributed by atoms with E-state index in [1.807, 2.05) is 6.92 Å². The van der Waals surface area contributed by atoms with E-state index in [1.165, 1.54) is 11.3 Å². The van der Waals surface area contributed by atoms with E-state index in [-0.39, 0.29) is 11.9 Å². The molecule has 8 nitrogen and oxygen atoms in total. The third kappa shape index (κ3) is 4.56. The Morgan fingerprint density at radius 3 is 2.79 bits per heavy atom. The van der Waals surface area contributed by atoms with Gasteiger partial charge in [-0.3, -0.25) is 4.79 Å².